The maximum atomic E-state index is 13.0. The van der Waals surface area contributed by atoms with E-state index in [4.69, 9.17) is 11.6 Å². The van der Waals surface area contributed by atoms with Crippen LogP contribution in [0.25, 0.3) is 17.1 Å². The second kappa shape index (κ2) is 10.7. The first-order valence-electron chi connectivity index (χ1n) is 11.6. The van der Waals surface area contributed by atoms with Gasteiger partial charge in [0, 0.05) is 23.7 Å². The molecule has 1 amide bonds. The highest BCUT2D eigenvalue weighted by Gasteiger charge is 2.24. The molecule has 1 aliphatic rings. The van der Waals surface area contributed by atoms with Crippen LogP contribution in [-0.4, -0.2) is 44.4 Å². The summed E-state index contributed by atoms with van der Waals surface area (Å²) in [6.07, 6.45) is 5.90. The van der Waals surface area contributed by atoms with E-state index in [0.29, 0.717) is 22.7 Å². The summed E-state index contributed by atoms with van der Waals surface area (Å²) in [5, 5.41) is 10.4. The zero-order valence-corrected chi connectivity index (χ0v) is 21.1. The first kappa shape index (κ1) is 23.8. The predicted molar refractivity (Wildman–Crippen MR) is 136 cm³/mol. The molecule has 3 aromatic rings. The molecule has 2 aromatic carbocycles. The quantitative estimate of drug-likeness (QED) is 0.356. The number of carbonyl (C=O) groups is 1. The van der Waals surface area contributed by atoms with E-state index in [2.05, 4.69) is 46.8 Å². The number of hydrogen-bond donors (Lipinski definition) is 0. The molecule has 0 saturated heterocycles. The molecule has 174 valence electrons. The number of hydrogen-bond acceptors (Lipinski definition) is 4. The van der Waals surface area contributed by atoms with Gasteiger partial charge in [-0.05, 0) is 54.7 Å². The summed E-state index contributed by atoms with van der Waals surface area (Å²) in [4.78, 5) is 14.9. The van der Waals surface area contributed by atoms with Crippen molar-refractivity contribution in [1.82, 2.24) is 19.7 Å². The molecule has 0 aliphatic heterocycles. The molecule has 33 heavy (non-hydrogen) atoms. The van der Waals surface area contributed by atoms with Crippen molar-refractivity contribution in [3.05, 3.63) is 59.1 Å². The van der Waals surface area contributed by atoms with Gasteiger partial charge < -0.3 is 4.90 Å². The van der Waals surface area contributed by atoms with Gasteiger partial charge in [0.15, 0.2) is 11.0 Å². The van der Waals surface area contributed by atoms with E-state index in [9.17, 15) is 4.79 Å². The molecule has 1 aromatic heterocycles. The standard InChI is InChI=1S/C26H31ClN4OS/c1-18(2)22-11-7-8-12-23(22)31-25(19-13-15-20(27)16-14-19)28-29-26(31)33-17-24(32)30(3)21-9-5-4-6-10-21/h7-8,11-16,18,21H,4-6,9-10,17H2,1-3H3. The van der Waals surface area contributed by atoms with Crippen LogP contribution in [0.4, 0.5) is 0 Å². The lowest BCUT2D eigenvalue weighted by Gasteiger charge is -2.31. The van der Waals surface area contributed by atoms with E-state index in [1.54, 1.807) is 0 Å². The van der Waals surface area contributed by atoms with Gasteiger partial charge in [-0.15, -0.1) is 10.2 Å². The van der Waals surface area contributed by atoms with E-state index in [-0.39, 0.29) is 5.91 Å². The lowest BCUT2D eigenvalue weighted by molar-refractivity contribution is -0.129. The summed E-state index contributed by atoms with van der Waals surface area (Å²) >= 11 is 7.57. The molecule has 1 fully saturated rings. The van der Waals surface area contributed by atoms with Crippen molar-refractivity contribution in [3.63, 3.8) is 0 Å². The summed E-state index contributed by atoms with van der Waals surface area (Å²) in [6.45, 7) is 4.36. The van der Waals surface area contributed by atoms with Crippen LogP contribution in [0.3, 0.4) is 0 Å². The van der Waals surface area contributed by atoms with Crippen molar-refractivity contribution < 1.29 is 4.79 Å². The summed E-state index contributed by atoms with van der Waals surface area (Å²) in [5.41, 5.74) is 3.18. The number of halogens is 1. The largest absolute Gasteiger partial charge is 0.342 e. The van der Waals surface area contributed by atoms with Crippen LogP contribution in [0, 0.1) is 0 Å². The summed E-state index contributed by atoms with van der Waals surface area (Å²) in [6, 6.07) is 16.3. The van der Waals surface area contributed by atoms with Crippen LogP contribution in [0.1, 0.15) is 57.4 Å². The molecule has 4 rings (SSSR count). The van der Waals surface area contributed by atoms with Crippen LogP contribution in [0.5, 0.6) is 0 Å². The van der Waals surface area contributed by atoms with Crippen LogP contribution < -0.4 is 0 Å². The van der Waals surface area contributed by atoms with Crippen molar-refractivity contribution in [2.45, 2.75) is 63.1 Å². The molecule has 1 aliphatic carbocycles. The average molecular weight is 483 g/mol. The van der Waals surface area contributed by atoms with E-state index in [1.165, 1.54) is 36.6 Å². The van der Waals surface area contributed by atoms with Crippen LogP contribution in [0.2, 0.25) is 5.02 Å². The minimum absolute atomic E-state index is 0.145. The Balaban J connectivity index is 1.66. The molecule has 0 spiro atoms. The van der Waals surface area contributed by atoms with Crippen molar-refractivity contribution in [3.8, 4) is 17.1 Å². The maximum Gasteiger partial charge on any atom is 0.233 e. The summed E-state index contributed by atoms with van der Waals surface area (Å²) in [7, 11) is 1.94. The maximum absolute atomic E-state index is 13.0. The molecular formula is C26H31ClN4OS. The third-order valence-electron chi connectivity index (χ3n) is 6.38. The summed E-state index contributed by atoms with van der Waals surface area (Å²) in [5.74, 6) is 1.57. The number of carbonyl (C=O) groups excluding carboxylic acids is 1. The normalized spacial score (nSPS) is 14.6. The Bertz CT molecular complexity index is 1090. The first-order valence-corrected chi connectivity index (χ1v) is 13.0. The summed E-state index contributed by atoms with van der Waals surface area (Å²) < 4.78 is 2.08. The van der Waals surface area contributed by atoms with Gasteiger partial charge in [0.05, 0.1) is 11.4 Å². The average Bonchev–Trinajstić information content (AvgIpc) is 3.26. The van der Waals surface area contributed by atoms with Crippen molar-refractivity contribution in [2.24, 2.45) is 0 Å². The number of aromatic nitrogens is 3. The van der Waals surface area contributed by atoms with Gasteiger partial charge in [0.25, 0.3) is 0 Å². The smallest absolute Gasteiger partial charge is 0.233 e. The number of para-hydroxylation sites is 1. The van der Waals surface area contributed by atoms with Crippen molar-refractivity contribution in [2.75, 3.05) is 12.8 Å². The van der Waals surface area contributed by atoms with Gasteiger partial charge in [-0.1, -0.05) is 74.7 Å². The highest BCUT2D eigenvalue weighted by Crippen LogP contribution is 2.33. The van der Waals surface area contributed by atoms with E-state index in [1.807, 2.05) is 42.3 Å². The molecule has 0 radical (unpaired) electrons. The molecule has 1 heterocycles. The molecular weight excluding hydrogens is 452 g/mol. The predicted octanol–water partition coefficient (Wildman–Crippen LogP) is 6.59. The zero-order chi connectivity index (χ0) is 23.4. The Labute approximate surface area is 205 Å². The van der Waals surface area contributed by atoms with Gasteiger partial charge >= 0.3 is 0 Å². The molecule has 0 unspecified atom stereocenters. The zero-order valence-electron chi connectivity index (χ0n) is 19.5. The molecule has 7 heteroatoms. The number of nitrogens with zero attached hydrogens (tertiary/aromatic N) is 4. The van der Waals surface area contributed by atoms with Crippen LogP contribution in [0.15, 0.2) is 53.7 Å². The molecule has 1 saturated carbocycles. The van der Waals surface area contributed by atoms with Crippen molar-refractivity contribution in [1.29, 1.82) is 0 Å². The molecule has 5 nitrogen and oxygen atoms in total. The first-order chi connectivity index (χ1) is 16.0. The Hall–Kier alpha value is -2.31. The van der Waals surface area contributed by atoms with E-state index < -0.39 is 0 Å². The highest BCUT2D eigenvalue weighted by molar-refractivity contribution is 7.99. The minimum Gasteiger partial charge on any atom is -0.342 e. The Morgan fingerprint density at radius 1 is 1.09 bits per heavy atom. The van der Waals surface area contributed by atoms with Gasteiger partial charge in [0.1, 0.15) is 0 Å². The second-order valence-electron chi connectivity index (χ2n) is 8.95. The number of benzene rings is 2. The Kier molecular flexibility index (Phi) is 7.76. The molecule has 0 atom stereocenters. The fraction of sp³-hybridized carbons (Fsp3) is 0.423. The third kappa shape index (κ3) is 5.44. The fourth-order valence-electron chi connectivity index (χ4n) is 4.45. The monoisotopic (exact) mass is 482 g/mol. The molecule has 0 N–H and O–H groups in total. The lowest BCUT2D eigenvalue weighted by atomic mass is 9.94. The Morgan fingerprint density at radius 3 is 2.48 bits per heavy atom. The molecule has 0 bridgehead atoms. The van der Waals surface area contributed by atoms with E-state index >= 15 is 0 Å². The van der Waals surface area contributed by atoms with Gasteiger partial charge in [-0.2, -0.15) is 0 Å². The highest BCUT2D eigenvalue weighted by atomic mass is 35.5. The topological polar surface area (TPSA) is 51.0 Å². The van der Waals surface area contributed by atoms with Crippen LogP contribution in [-0.2, 0) is 4.79 Å². The van der Waals surface area contributed by atoms with Gasteiger partial charge in [-0.3, -0.25) is 9.36 Å². The van der Waals surface area contributed by atoms with Crippen LogP contribution >= 0.6 is 23.4 Å². The number of rotatable bonds is 7. The number of thioether (sulfide) groups is 1. The second-order valence-corrected chi connectivity index (χ2v) is 10.3. The van der Waals surface area contributed by atoms with Crippen molar-refractivity contribution >= 4 is 29.3 Å². The Morgan fingerprint density at radius 2 is 1.79 bits per heavy atom. The number of amides is 1. The van der Waals surface area contributed by atoms with Gasteiger partial charge in [-0.25, -0.2) is 0 Å². The van der Waals surface area contributed by atoms with Gasteiger partial charge in [0.2, 0.25) is 5.91 Å². The SMILES string of the molecule is CC(C)c1ccccc1-n1c(SCC(=O)N(C)C2CCCCC2)nnc1-c1ccc(Cl)cc1. The third-order valence-corrected chi connectivity index (χ3v) is 7.54. The van der Waals surface area contributed by atoms with E-state index in [0.717, 1.165) is 35.1 Å². The minimum atomic E-state index is 0.145. The fourth-order valence-corrected chi connectivity index (χ4v) is 5.44. The lowest BCUT2D eigenvalue weighted by Crippen LogP contribution is -2.39.